The van der Waals surface area contributed by atoms with Crippen LogP contribution in [0.3, 0.4) is 0 Å². The summed E-state index contributed by atoms with van der Waals surface area (Å²) in [6.07, 6.45) is 3.24. The highest BCUT2D eigenvalue weighted by Crippen LogP contribution is 2.25. The molecule has 1 aliphatic rings. The molecule has 0 saturated heterocycles. The first kappa shape index (κ1) is 13.4. The van der Waals surface area contributed by atoms with Crippen molar-refractivity contribution in [1.82, 2.24) is 5.32 Å². The first-order valence-corrected chi connectivity index (χ1v) is 8.03. The molecule has 0 radical (unpaired) electrons. The van der Waals surface area contributed by atoms with Gasteiger partial charge in [-0.15, -0.1) is 11.3 Å². The van der Waals surface area contributed by atoms with Gasteiger partial charge < -0.3 is 5.32 Å². The average Bonchev–Trinajstić information content (AvgIpc) is 2.95. The van der Waals surface area contributed by atoms with Crippen LogP contribution in [-0.4, -0.2) is 12.6 Å². The fourth-order valence-electron chi connectivity index (χ4n) is 2.62. The van der Waals surface area contributed by atoms with Crippen molar-refractivity contribution >= 4 is 34.5 Å². The first-order chi connectivity index (χ1) is 9.20. The third-order valence-electron chi connectivity index (χ3n) is 3.53. The third-order valence-corrected chi connectivity index (χ3v) is 5.06. The van der Waals surface area contributed by atoms with E-state index >= 15 is 0 Å². The van der Waals surface area contributed by atoms with Gasteiger partial charge in [-0.05, 0) is 54.7 Å². The monoisotopic (exact) mass is 311 g/mol. The quantitative estimate of drug-likeness (QED) is 0.885. The van der Waals surface area contributed by atoms with E-state index in [1.165, 1.54) is 16.0 Å². The van der Waals surface area contributed by atoms with E-state index in [1.54, 1.807) is 11.3 Å². The van der Waals surface area contributed by atoms with Crippen molar-refractivity contribution in [1.29, 1.82) is 0 Å². The number of hydrogen-bond donors (Lipinski definition) is 1. The summed E-state index contributed by atoms with van der Waals surface area (Å²) in [7, 11) is 0. The van der Waals surface area contributed by atoms with Crippen LogP contribution in [0.1, 0.15) is 16.0 Å². The summed E-state index contributed by atoms with van der Waals surface area (Å²) in [6, 6.07) is 10.9. The zero-order valence-electron chi connectivity index (χ0n) is 10.5. The fraction of sp³-hybridized carbons (Fsp3) is 0.333. The molecule has 0 bridgehead atoms. The Hall–Kier alpha value is -0.540. The predicted octanol–water partition coefficient (Wildman–Crippen LogP) is 4.35. The van der Waals surface area contributed by atoms with Crippen LogP contribution in [0.4, 0.5) is 0 Å². The van der Waals surface area contributed by atoms with Gasteiger partial charge in [-0.2, -0.15) is 0 Å². The number of benzene rings is 1. The first-order valence-electron chi connectivity index (χ1n) is 6.45. The Morgan fingerprint density at radius 2 is 1.95 bits per heavy atom. The lowest BCUT2D eigenvalue weighted by molar-refractivity contribution is 0.537. The van der Waals surface area contributed by atoms with Gasteiger partial charge >= 0.3 is 0 Å². The molecule has 1 aliphatic carbocycles. The summed E-state index contributed by atoms with van der Waals surface area (Å²) in [4.78, 5) is 1.34. The highest BCUT2D eigenvalue weighted by atomic mass is 35.5. The summed E-state index contributed by atoms with van der Waals surface area (Å²) in [5.41, 5.74) is 2.82. The predicted molar refractivity (Wildman–Crippen MR) is 83.7 cm³/mol. The van der Waals surface area contributed by atoms with Gasteiger partial charge in [0.15, 0.2) is 0 Å². The van der Waals surface area contributed by atoms with Crippen molar-refractivity contribution in [3.63, 3.8) is 0 Å². The van der Waals surface area contributed by atoms with E-state index in [1.807, 2.05) is 12.1 Å². The number of halogens is 2. The topological polar surface area (TPSA) is 12.0 Å². The molecule has 2 aromatic rings. The maximum absolute atomic E-state index is 6.03. The highest BCUT2D eigenvalue weighted by molar-refractivity contribution is 7.16. The number of nitrogens with one attached hydrogen (secondary N) is 1. The molecule has 1 heterocycles. The lowest BCUT2D eigenvalue weighted by Gasteiger charge is -2.10. The normalized spacial score (nSPS) is 17.7. The number of fused-ring (bicyclic) bond motifs is 1. The molecule has 1 aromatic carbocycles. The minimum Gasteiger partial charge on any atom is -0.313 e. The van der Waals surface area contributed by atoms with Crippen LogP contribution < -0.4 is 5.32 Å². The summed E-state index contributed by atoms with van der Waals surface area (Å²) < 4.78 is 0.873. The Balaban J connectivity index is 1.51. The molecule has 4 heteroatoms. The molecule has 1 nitrogen and oxygen atoms in total. The van der Waals surface area contributed by atoms with E-state index in [9.17, 15) is 0 Å². The molecule has 0 aliphatic heterocycles. The molecule has 0 fully saturated rings. The van der Waals surface area contributed by atoms with E-state index < -0.39 is 0 Å². The minimum atomic E-state index is 0.545. The van der Waals surface area contributed by atoms with Gasteiger partial charge in [0.25, 0.3) is 0 Å². The van der Waals surface area contributed by atoms with Crippen molar-refractivity contribution in [2.75, 3.05) is 6.54 Å². The lowest BCUT2D eigenvalue weighted by atomic mass is 10.1. The maximum Gasteiger partial charge on any atom is 0.0931 e. The van der Waals surface area contributed by atoms with E-state index in [0.717, 1.165) is 35.2 Å². The SMILES string of the molecule is Clc1ccc2c(c1)CC(NCCc1ccc(Cl)s1)C2. The molecular weight excluding hydrogens is 297 g/mol. The smallest absolute Gasteiger partial charge is 0.0931 e. The van der Waals surface area contributed by atoms with Gasteiger partial charge in [0, 0.05) is 22.5 Å². The summed E-state index contributed by atoms with van der Waals surface area (Å²) in [6.45, 7) is 1.00. The number of hydrogen-bond acceptors (Lipinski definition) is 2. The minimum absolute atomic E-state index is 0.545. The molecule has 0 spiro atoms. The lowest BCUT2D eigenvalue weighted by Crippen LogP contribution is -2.31. The van der Waals surface area contributed by atoms with Crippen molar-refractivity contribution in [2.24, 2.45) is 0 Å². The largest absolute Gasteiger partial charge is 0.313 e. The molecule has 1 aromatic heterocycles. The second-order valence-electron chi connectivity index (χ2n) is 4.93. The molecule has 3 rings (SSSR count). The van der Waals surface area contributed by atoms with Crippen LogP contribution in [0.5, 0.6) is 0 Å². The maximum atomic E-state index is 6.03. The second kappa shape index (κ2) is 5.84. The Labute approximate surface area is 127 Å². The summed E-state index contributed by atoms with van der Waals surface area (Å²) >= 11 is 13.6. The van der Waals surface area contributed by atoms with Crippen LogP contribution in [0.2, 0.25) is 9.36 Å². The van der Waals surface area contributed by atoms with Crippen molar-refractivity contribution in [3.8, 4) is 0 Å². The fourth-order valence-corrected chi connectivity index (χ4v) is 3.90. The average molecular weight is 312 g/mol. The van der Waals surface area contributed by atoms with Gasteiger partial charge in [-0.3, -0.25) is 0 Å². The van der Waals surface area contributed by atoms with Crippen LogP contribution >= 0.6 is 34.5 Å². The van der Waals surface area contributed by atoms with Crippen LogP contribution in [0.15, 0.2) is 30.3 Å². The van der Waals surface area contributed by atoms with Gasteiger partial charge in [-0.25, -0.2) is 0 Å². The summed E-state index contributed by atoms with van der Waals surface area (Å²) in [5, 5.41) is 4.47. The van der Waals surface area contributed by atoms with Gasteiger partial charge in [0.2, 0.25) is 0 Å². The number of rotatable bonds is 4. The molecular formula is C15H15Cl2NS. The Kier molecular flexibility index (Phi) is 4.13. The van der Waals surface area contributed by atoms with Crippen LogP contribution in [0, 0.1) is 0 Å². The van der Waals surface area contributed by atoms with Gasteiger partial charge in [0.1, 0.15) is 0 Å². The van der Waals surface area contributed by atoms with E-state index in [4.69, 9.17) is 23.2 Å². The van der Waals surface area contributed by atoms with Gasteiger partial charge in [0.05, 0.1) is 4.34 Å². The zero-order valence-corrected chi connectivity index (χ0v) is 12.8. The zero-order chi connectivity index (χ0) is 13.2. The van der Waals surface area contributed by atoms with Crippen molar-refractivity contribution < 1.29 is 0 Å². The molecule has 1 atom stereocenters. The van der Waals surface area contributed by atoms with Crippen molar-refractivity contribution in [2.45, 2.75) is 25.3 Å². The van der Waals surface area contributed by atoms with Gasteiger partial charge in [-0.1, -0.05) is 29.3 Å². The Bertz CT molecular complexity index is 579. The van der Waals surface area contributed by atoms with Crippen LogP contribution in [0.25, 0.3) is 0 Å². The Morgan fingerprint density at radius 3 is 2.74 bits per heavy atom. The Morgan fingerprint density at radius 1 is 1.11 bits per heavy atom. The highest BCUT2D eigenvalue weighted by Gasteiger charge is 2.20. The molecule has 1 unspecified atom stereocenters. The molecule has 1 N–H and O–H groups in total. The molecule has 19 heavy (non-hydrogen) atoms. The third kappa shape index (κ3) is 3.32. The standard InChI is InChI=1S/C15H15Cl2NS/c16-12-2-1-10-8-13(9-11(10)7-12)18-6-5-14-3-4-15(17)19-14/h1-4,7,13,18H,5-6,8-9H2. The van der Waals surface area contributed by atoms with E-state index in [0.29, 0.717) is 6.04 Å². The summed E-state index contributed by atoms with van der Waals surface area (Å²) in [5.74, 6) is 0. The van der Waals surface area contributed by atoms with Crippen molar-refractivity contribution in [3.05, 3.63) is 55.7 Å². The molecule has 100 valence electrons. The second-order valence-corrected chi connectivity index (χ2v) is 7.16. The molecule has 0 saturated carbocycles. The van der Waals surface area contributed by atoms with E-state index in [2.05, 4.69) is 23.5 Å². The molecule has 0 amide bonds. The van der Waals surface area contributed by atoms with E-state index in [-0.39, 0.29) is 0 Å². The van der Waals surface area contributed by atoms with Crippen LogP contribution in [-0.2, 0) is 19.3 Å². The number of thiophene rings is 1.